The maximum atomic E-state index is 11.8. The molecule has 2 unspecified atom stereocenters. The summed E-state index contributed by atoms with van der Waals surface area (Å²) in [6.07, 6.45) is 2.55. The summed E-state index contributed by atoms with van der Waals surface area (Å²) < 4.78 is 6.94. The molecule has 1 aromatic heterocycles. The summed E-state index contributed by atoms with van der Waals surface area (Å²) in [6, 6.07) is -0.397. The van der Waals surface area contributed by atoms with Crippen LogP contribution in [0.5, 0.6) is 0 Å². The number of aryl methyl sites for hydroxylation is 1. The van der Waals surface area contributed by atoms with Gasteiger partial charge in [0.05, 0.1) is 12.7 Å². The molecule has 1 amide bonds. The smallest absolute Gasteiger partial charge is 0.407 e. The molecule has 0 aliphatic heterocycles. The Morgan fingerprint density at radius 1 is 1.48 bits per heavy atom. The number of imidazole rings is 1. The Hall–Kier alpha value is -2.05. The van der Waals surface area contributed by atoms with Crippen molar-refractivity contribution in [2.75, 3.05) is 0 Å². The van der Waals surface area contributed by atoms with Gasteiger partial charge in [0, 0.05) is 30.9 Å². The Balaban J connectivity index is 2.82. The van der Waals surface area contributed by atoms with E-state index in [1.54, 1.807) is 51.8 Å². The molecule has 0 aliphatic carbocycles. The van der Waals surface area contributed by atoms with Gasteiger partial charge in [0.1, 0.15) is 5.60 Å². The van der Waals surface area contributed by atoms with Crippen molar-refractivity contribution in [1.29, 1.82) is 0 Å². The second-order valence-corrected chi connectivity index (χ2v) is 6.07. The van der Waals surface area contributed by atoms with Gasteiger partial charge in [-0.25, -0.2) is 9.78 Å². The molecule has 0 bridgehead atoms. The van der Waals surface area contributed by atoms with Crippen molar-refractivity contribution in [1.82, 2.24) is 14.9 Å². The van der Waals surface area contributed by atoms with E-state index in [-0.39, 0.29) is 12.3 Å². The average Bonchev–Trinajstić information content (AvgIpc) is 2.69. The normalized spacial score (nSPS) is 14.3. The fourth-order valence-corrected chi connectivity index (χ4v) is 2.04. The van der Waals surface area contributed by atoms with E-state index in [0.717, 1.165) is 5.69 Å². The zero-order valence-corrected chi connectivity index (χ0v) is 13.1. The molecule has 0 aliphatic rings. The molecule has 1 rings (SSSR count). The Bertz CT molecular complexity index is 505. The second-order valence-electron chi connectivity index (χ2n) is 6.07. The molecule has 0 radical (unpaired) electrons. The highest BCUT2D eigenvalue weighted by atomic mass is 16.6. The van der Waals surface area contributed by atoms with Crippen molar-refractivity contribution >= 4 is 12.1 Å². The van der Waals surface area contributed by atoms with Gasteiger partial charge in [0.15, 0.2) is 0 Å². The molecule has 0 saturated heterocycles. The van der Waals surface area contributed by atoms with Crippen molar-refractivity contribution in [2.24, 2.45) is 7.05 Å². The van der Waals surface area contributed by atoms with E-state index in [4.69, 9.17) is 9.84 Å². The van der Waals surface area contributed by atoms with Gasteiger partial charge in [-0.15, -0.1) is 0 Å². The number of rotatable bonds is 5. The van der Waals surface area contributed by atoms with Crippen LogP contribution < -0.4 is 5.32 Å². The first-order valence-corrected chi connectivity index (χ1v) is 6.77. The number of hydrogen-bond acceptors (Lipinski definition) is 4. The Kier molecular flexibility index (Phi) is 5.34. The second kappa shape index (κ2) is 6.60. The van der Waals surface area contributed by atoms with Crippen LogP contribution in [0.25, 0.3) is 0 Å². The average molecular weight is 297 g/mol. The van der Waals surface area contributed by atoms with Gasteiger partial charge >= 0.3 is 12.1 Å². The maximum Gasteiger partial charge on any atom is 0.407 e. The quantitative estimate of drug-likeness (QED) is 0.865. The van der Waals surface area contributed by atoms with Crippen LogP contribution in [-0.4, -0.2) is 38.4 Å². The number of nitrogens with one attached hydrogen (secondary N) is 1. The Labute approximate surface area is 124 Å². The lowest BCUT2D eigenvalue weighted by Crippen LogP contribution is -2.41. The first-order valence-electron chi connectivity index (χ1n) is 6.77. The molecule has 0 saturated carbocycles. The molecule has 0 fully saturated rings. The molecule has 7 nitrogen and oxygen atoms in total. The summed E-state index contributed by atoms with van der Waals surface area (Å²) in [4.78, 5) is 26.9. The number of carboxylic acid groups (broad SMARTS) is 1. The van der Waals surface area contributed by atoms with Gasteiger partial charge < -0.3 is 19.7 Å². The molecular weight excluding hydrogens is 274 g/mol. The third-order valence-corrected chi connectivity index (χ3v) is 2.98. The van der Waals surface area contributed by atoms with E-state index < -0.39 is 23.7 Å². The van der Waals surface area contributed by atoms with Gasteiger partial charge in [0.2, 0.25) is 0 Å². The van der Waals surface area contributed by atoms with Crippen molar-refractivity contribution < 1.29 is 19.4 Å². The van der Waals surface area contributed by atoms with E-state index in [1.165, 1.54) is 0 Å². The lowest BCUT2D eigenvalue weighted by molar-refractivity contribution is -0.137. The number of hydrogen-bond donors (Lipinski definition) is 2. The number of carbonyl (C=O) groups excluding carboxylic acids is 1. The number of alkyl carbamates (subject to hydrolysis) is 1. The predicted octanol–water partition coefficient (Wildman–Crippen LogP) is 1.89. The topological polar surface area (TPSA) is 93.4 Å². The SMILES string of the molecule is CC(NC(=O)OC(C)(C)C)C(CC(=O)O)c1cncn1C. The van der Waals surface area contributed by atoms with Crippen LogP contribution in [0.15, 0.2) is 12.5 Å². The van der Waals surface area contributed by atoms with Crippen LogP contribution >= 0.6 is 0 Å². The number of carboxylic acids is 1. The third kappa shape index (κ3) is 5.45. The minimum atomic E-state index is -0.931. The molecule has 21 heavy (non-hydrogen) atoms. The minimum Gasteiger partial charge on any atom is -0.481 e. The first kappa shape index (κ1) is 17.0. The van der Waals surface area contributed by atoms with E-state index >= 15 is 0 Å². The van der Waals surface area contributed by atoms with Gasteiger partial charge in [-0.05, 0) is 27.7 Å². The van der Waals surface area contributed by atoms with E-state index in [9.17, 15) is 9.59 Å². The maximum absolute atomic E-state index is 11.8. The van der Waals surface area contributed by atoms with E-state index in [0.29, 0.717) is 0 Å². The minimum absolute atomic E-state index is 0.101. The van der Waals surface area contributed by atoms with Crippen LogP contribution in [0, 0.1) is 0 Å². The summed E-state index contributed by atoms with van der Waals surface area (Å²) in [5, 5.41) is 11.8. The molecule has 0 spiro atoms. The zero-order valence-electron chi connectivity index (χ0n) is 13.1. The molecule has 1 aromatic rings. The molecule has 2 atom stereocenters. The van der Waals surface area contributed by atoms with Gasteiger partial charge in [-0.1, -0.05) is 0 Å². The van der Waals surface area contributed by atoms with Crippen LogP contribution in [0.3, 0.4) is 0 Å². The largest absolute Gasteiger partial charge is 0.481 e. The summed E-state index contributed by atoms with van der Waals surface area (Å²) in [7, 11) is 1.79. The number of aliphatic carboxylic acids is 1. The monoisotopic (exact) mass is 297 g/mol. The van der Waals surface area contributed by atoms with Crippen molar-refractivity contribution in [3.63, 3.8) is 0 Å². The highest BCUT2D eigenvalue weighted by Gasteiger charge is 2.27. The predicted molar refractivity (Wildman–Crippen MR) is 77.0 cm³/mol. The van der Waals surface area contributed by atoms with Crippen LogP contribution in [0.1, 0.15) is 45.7 Å². The van der Waals surface area contributed by atoms with Crippen molar-refractivity contribution in [2.45, 2.75) is 51.7 Å². The summed E-state index contributed by atoms with van der Waals surface area (Å²) in [5.41, 5.74) is 0.152. The van der Waals surface area contributed by atoms with Crippen molar-refractivity contribution in [3.8, 4) is 0 Å². The lowest BCUT2D eigenvalue weighted by Gasteiger charge is -2.26. The van der Waals surface area contributed by atoms with Crippen LogP contribution in [0.4, 0.5) is 4.79 Å². The number of aromatic nitrogens is 2. The number of nitrogens with zero attached hydrogens (tertiary/aromatic N) is 2. The Morgan fingerprint density at radius 2 is 2.10 bits per heavy atom. The van der Waals surface area contributed by atoms with E-state index in [2.05, 4.69) is 10.3 Å². The van der Waals surface area contributed by atoms with Crippen LogP contribution in [-0.2, 0) is 16.6 Å². The Morgan fingerprint density at radius 3 is 2.52 bits per heavy atom. The molecular formula is C14H23N3O4. The molecule has 0 aromatic carbocycles. The lowest BCUT2D eigenvalue weighted by atomic mass is 9.94. The van der Waals surface area contributed by atoms with E-state index in [1.807, 2.05) is 0 Å². The molecule has 7 heteroatoms. The summed E-state index contributed by atoms with van der Waals surface area (Å²) in [6.45, 7) is 7.07. The molecule has 118 valence electrons. The number of amides is 1. The van der Waals surface area contributed by atoms with Gasteiger partial charge in [-0.2, -0.15) is 0 Å². The third-order valence-electron chi connectivity index (χ3n) is 2.98. The highest BCUT2D eigenvalue weighted by molar-refractivity contribution is 5.70. The van der Waals surface area contributed by atoms with Gasteiger partial charge in [-0.3, -0.25) is 4.79 Å². The highest BCUT2D eigenvalue weighted by Crippen LogP contribution is 2.23. The zero-order chi connectivity index (χ0) is 16.2. The fourth-order valence-electron chi connectivity index (χ4n) is 2.04. The summed E-state index contributed by atoms with van der Waals surface area (Å²) >= 11 is 0. The van der Waals surface area contributed by atoms with Gasteiger partial charge in [0.25, 0.3) is 0 Å². The number of carbonyl (C=O) groups is 2. The molecule has 1 heterocycles. The standard InChI is InChI=1S/C14H23N3O4/c1-9(16-13(20)21-14(2,3)4)10(6-12(18)19)11-7-15-8-17(11)5/h7-10H,6H2,1-5H3,(H,16,20)(H,18,19). The number of ether oxygens (including phenoxy) is 1. The van der Waals surface area contributed by atoms with Crippen molar-refractivity contribution in [3.05, 3.63) is 18.2 Å². The molecule has 2 N–H and O–H groups in total. The first-order chi connectivity index (χ1) is 9.60. The van der Waals surface area contributed by atoms with Crippen LogP contribution in [0.2, 0.25) is 0 Å². The summed E-state index contributed by atoms with van der Waals surface area (Å²) in [5.74, 6) is -1.32. The fraction of sp³-hybridized carbons (Fsp3) is 0.643.